The van der Waals surface area contributed by atoms with Gasteiger partial charge in [0.15, 0.2) is 12.2 Å². The third-order valence-electron chi connectivity index (χ3n) is 15.3. The van der Waals surface area contributed by atoms with E-state index >= 15 is 0 Å². The number of hydrogen-bond donors (Lipinski definition) is 3. The maximum atomic E-state index is 13.0. The molecular weight excluding hydrogens is 1110 g/mol. The zero-order chi connectivity index (χ0) is 62.2. The molecule has 0 aliphatic rings. The molecule has 0 rings (SSSR count). The molecule has 0 aromatic rings. The number of carbonyl (C=O) groups excluding carboxylic acids is 4. The van der Waals surface area contributed by atoms with Crippen LogP contribution < -0.4 is 0 Å². The molecule has 6 atom stereocenters. The van der Waals surface area contributed by atoms with E-state index in [-0.39, 0.29) is 25.7 Å². The van der Waals surface area contributed by atoms with Crippen LogP contribution in [0.1, 0.15) is 324 Å². The number of phosphoric acid groups is 2. The molecule has 3 unspecified atom stereocenters. The van der Waals surface area contributed by atoms with E-state index in [1.807, 2.05) is 0 Å². The van der Waals surface area contributed by atoms with Gasteiger partial charge in [0.1, 0.15) is 19.3 Å². The Hall–Kier alpha value is -1.94. The smallest absolute Gasteiger partial charge is 0.462 e. The number of ether oxygens (including phenoxy) is 4. The van der Waals surface area contributed by atoms with Crippen molar-refractivity contribution in [1.82, 2.24) is 0 Å². The molecule has 0 saturated carbocycles. The van der Waals surface area contributed by atoms with Crippen molar-refractivity contribution in [3.8, 4) is 0 Å². The van der Waals surface area contributed by atoms with Crippen LogP contribution in [0.15, 0.2) is 0 Å². The minimum absolute atomic E-state index is 0.105. The van der Waals surface area contributed by atoms with Crippen molar-refractivity contribution < 1.29 is 80.2 Å². The molecule has 0 aliphatic carbocycles. The van der Waals surface area contributed by atoms with Crippen LogP contribution in [0.25, 0.3) is 0 Å². The Labute approximate surface area is 511 Å². The standard InChI is InChI=1S/C65H126O17P2/c1-7-10-12-14-16-18-24-28-35-41-47-62(67)75-53-60(81-64(69)49-43-37-29-25-19-17-15-13-11-8-2)55-79-83(71,72)77-51-59(66)52-78-84(73,74)80-56-61(54-76-63(68)48-42-36-32-31-34-40-46-58(6)9-3)82-65(70)50-44-38-30-26-22-20-21-23-27-33-39-45-57(4)5/h57-61,66H,7-56H2,1-6H3,(H,71,72)(H,73,74)/t58?,59-,60+,61+/m0/s1. The van der Waals surface area contributed by atoms with Gasteiger partial charge in [-0.25, -0.2) is 9.13 Å². The Morgan fingerprint density at radius 2 is 0.607 bits per heavy atom. The van der Waals surface area contributed by atoms with E-state index in [1.165, 1.54) is 135 Å². The number of carbonyl (C=O) groups is 4. The lowest BCUT2D eigenvalue weighted by Gasteiger charge is -2.21. The summed E-state index contributed by atoms with van der Waals surface area (Å²) in [6, 6.07) is 0. The zero-order valence-corrected chi connectivity index (χ0v) is 56.0. The molecule has 84 heavy (non-hydrogen) atoms. The average molecular weight is 1240 g/mol. The third kappa shape index (κ3) is 57.8. The van der Waals surface area contributed by atoms with Crippen molar-refractivity contribution >= 4 is 39.5 Å². The van der Waals surface area contributed by atoms with Crippen LogP contribution in [0.3, 0.4) is 0 Å². The Morgan fingerprint density at radius 3 is 0.905 bits per heavy atom. The van der Waals surface area contributed by atoms with Crippen molar-refractivity contribution in [2.45, 2.75) is 342 Å². The topological polar surface area (TPSA) is 237 Å². The number of phosphoric ester groups is 2. The first-order valence-electron chi connectivity index (χ1n) is 34.0. The van der Waals surface area contributed by atoms with Gasteiger partial charge in [0.2, 0.25) is 0 Å². The number of aliphatic hydroxyl groups is 1. The van der Waals surface area contributed by atoms with Crippen LogP contribution in [0, 0.1) is 11.8 Å². The van der Waals surface area contributed by atoms with Gasteiger partial charge in [-0.2, -0.15) is 0 Å². The Balaban J connectivity index is 5.24. The lowest BCUT2D eigenvalue weighted by molar-refractivity contribution is -0.161. The average Bonchev–Trinajstić information content (AvgIpc) is 3.46. The van der Waals surface area contributed by atoms with Gasteiger partial charge in [-0.1, -0.05) is 273 Å². The summed E-state index contributed by atoms with van der Waals surface area (Å²) in [5.41, 5.74) is 0. The Kier molecular flexibility index (Phi) is 56.2. The van der Waals surface area contributed by atoms with Crippen LogP contribution in [-0.2, 0) is 65.4 Å². The number of esters is 4. The van der Waals surface area contributed by atoms with Gasteiger partial charge in [-0.15, -0.1) is 0 Å². The molecule has 0 amide bonds. The molecule has 3 N–H and O–H groups in total. The fourth-order valence-electron chi connectivity index (χ4n) is 9.68. The summed E-state index contributed by atoms with van der Waals surface area (Å²) in [7, 11) is -9.89. The molecule has 0 radical (unpaired) electrons. The van der Waals surface area contributed by atoms with Crippen LogP contribution >= 0.6 is 15.6 Å². The number of rotatable bonds is 64. The van der Waals surface area contributed by atoms with Crippen molar-refractivity contribution in [3.05, 3.63) is 0 Å². The molecular formula is C65H126O17P2. The molecule has 0 aromatic carbocycles. The molecule has 498 valence electrons. The van der Waals surface area contributed by atoms with Crippen molar-refractivity contribution in [1.29, 1.82) is 0 Å². The molecule has 17 nitrogen and oxygen atoms in total. The summed E-state index contributed by atoms with van der Waals surface area (Å²) in [4.78, 5) is 72.2. The SMILES string of the molecule is CCCCCCCCCCCCC(=O)OC[C@H](COP(=O)(O)OC[C@H](O)COP(=O)(O)OC[C@@H](COC(=O)CCCCCCCCC(C)CC)OC(=O)CCCCCCCCCCCCCC(C)C)OC(=O)CCCCCCCCCCCC. The first kappa shape index (κ1) is 82.1. The first-order chi connectivity index (χ1) is 40.4. The van der Waals surface area contributed by atoms with Crippen LogP contribution in [-0.4, -0.2) is 96.7 Å². The Bertz CT molecular complexity index is 1650. The highest BCUT2D eigenvalue weighted by molar-refractivity contribution is 7.47. The predicted molar refractivity (Wildman–Crippen MR) is 335 cm³/mol. The quantitative estimate of drug-likeness (QED) is 0.0222. The summed E-state index contributed by atoms with van der Waals surface area (Å²) in [5, 5.41) is 10.5. The first-order valence-corrected chi connectivity index (χ1v) is 37.0. The minimum Gasteiger partial charge on any atom is -0.462 e. The fraction of sp³-hybridized carbons (Fsp3) is 0.938. The molecule has 0 spiro atoms. The number of unbranched alkanes of at least 4 members (excludes halogenated alkanes) is 33. The van der Waals surface area contributed by atoms with E-state index in [0.717, 1.165) is 108 Å². The van der Waals surface area contributed by atoms with Gasteiger partial charge in [0, 0.05) is 25.7 Å². The lowest BCUT2D eigenvalue weighted by atomic mass is 10.00. The van der Waals surface area contributed by atoms with Crippen LogP contribution in [0.4, 0.5) is 0 Å². The van der Waals surface area contributed by atoms with Gasteiger partial charge in [0.25, 0.3) is 0 Å². The second-order valence-corrected chi connectivity index (χ2v) is 27.1. The molecule has 0 bridgehead atoms. The maximum Gasteiger partial charge on any atom is 0.472 e. The fourth-order valence-corrected chi connectivity index (χ4v) is 11.3. The van der Waals surface area contributed by atoms with Crippen molar-refractivity contribution in [2.24, 2.45) is 11.8 Å². The summed E-state index contributed by atoms with van der Waals surface area (Å²) in [6.07, 6.45) is 40.2. The largest absolute Gasteiger partial charge is 0.472 e. The number of aliphatic hydroxyl groups excluding tert-OH is 1. The molecule has 0 saturated heterocycles. The van der Waals surface area contributed by atoms with Gasteiger partial charge in [0.05, 0.1) is 26.4 Å². The third-order valence-corrected chi connectivity index (χ3v) is 17.2. The summed E-state index contributed by atoms with van der Waals surface area (Å²) < 4.78 is 68.0. The van der Waals surface area contributed by atoms with E-state index in [0.29, 0.717) is 25.7 Å². The zero-order valence-electron chi connectivity index (χ0n) is 54.2. The second kappa shape index (κ2) is 57.5. The molecule has 0 aromatic heterocycles. The Morgan fingerprint density at radius 1 is 0.345 bits per heavy atom. The van der Waals surface area contributed by atoms with Gasteiger partial charge >= 0.3 is 39.5 Å². The van der Waals surface area contributed by atoms with E-state index in [1.54, 1.807) is 0 Å². The molecule has 19 heteroatoms. The highest BCUT2D eigenvalue weighted by Gasteiger charge is 2.30. The summed E-state index contributed by atoms with van der Waals surface area (Å²) in [5.74, 6) is -0.637. The van der Waals surface area contributed by atoms with E-state index in [4.69, 9.17) is 37.0 Å². The number of hydrogen-bond acceptors (Lipinski definition) is 15. The maximum absolute atomic E-state index is 13.0. The molecule has 0 aliphatic heterocycles. The minimum atomic E-state index is -4.95. The van der Waals surface area contributed by atoms with E-state index < -0.39 is 97.5 Å². The predicted octanol–water partition coefficient (Wildman–Crippen LogP) is 18.0. The summed E-state index contributed by atoms with van der Waals surface area (Å²) in [6.45, 7) is 9.45. The van der Waals surface area contributed by atoms with Crippen LogP contribution in [0.2, 0.25) is 0 Å². The van der Waals surface area contributed by atoms with Crippen LogP contribution in [0.5, 0.6) is 0 Å². The highest BCUT2D eigenvalue weighted by atomic mass is 31.2. The molecule has 0 heterocycles. The second-order valence-electron chi connectivity index (χ2n) is 24.2. The van der Waals surface area contributed by atoms with Gasteiger partial charge < -0.3 is 33.8 Å². The van der Waals surface area contributed by atoms with Crippen molar-refractivity contribution in [3.63, 3.8) is 0 Å². The summed E-state index contributed by atoms with van der Waals surface area (Å²) >= 11 is 0. The van der Waals surface area contributed by atoms with E-state index in [2.05, 4.69) is 41.5 Å². The normalized spacial score (nSPS) is 14.6. The lowest BCUT2D eigenvalue weighted by Crippen LogP contribution is -2.30. The molecule has 0 fully saturated rings. The monoisotopic (exact) mass is 1240 g/mol. The van der Waals surface area contributed by atoms with Gasteiger partial charge in [-0.3, -0.25) is 37.3 Å². The van der Waals surface area contributed by atoms with Gasteiger partial charge in [-0.05, 0) is 37.5 Å². The van der Waals surface area contributed by atoms with E-state index in [9.17, 15) is 43.2 Å². The highest BCUT2D eigenvalue weighted by Crippen LogP contribution is 2.45. The van der Waals surface area contributed by atoms with Crippen molar-refractivity contribution in [2.75, 3.05) is 39.6 Å².